The molecule has 0 spiro atoms. The van der Waals surface area contributed by atoms with Crippen LogP contribution < -0.4 is 5.32 Å². The first-order valence-electron chi connectivity index (χ1n) is 5.98. The number of nitrogens with one attached hydrogen (secondary N) is 1. The number of rotatable bonds is 1. The zero-order valence-corrected chi connectivity index (χ0v) is 9.61. The van der Waals surface area contributed by atoms with E-state index in [1.165, 1.54) is 23.9 Å². The molecule has 1 aromatic carbocycles. The van der Waals surface area contributed by atoms with E-state index in [-0.39, 0.29) is 0 Å². The van der Waals surface area contributed by atoms with Gasteiger partial charge in [0.05, 0.1) is 17.4 Å². The molecule has 0 amide bonds. The van der Waals surface area contributed by atoms with Crippen molar-refractivity contribution < 1.29 is 0 Å². The van der Waals surface area contributed by atoms with Crippen LogP contribution in [0.15, 0.2) is 24.5 Å². The highest BCUT2D eigenvalue weighted by molar-refractivity contribution is 5.76. The Morgan fingerprint density at radius 3 is 3.19 bits per heavy atom. The van der Waals surface area contributed by atoms with Gasteiger partial charge in [-0.15, -0.1) is 0 Å². The molecule has 0 aliphatic carbocycles. The van der Waals surface area contributed by atoms with Crippen LogP contribution in [0, 0.1) is 6.92 Å². The van der Waals surface area contributed by atoms with Crippen LogP contribution in [0.5, 0.6) is 0 Å². The number of imidazole rings is 1. The van der Waals surface area contributed by atoms with Crippen molar-refractivity contribution in [3.8, 4) is 0 Å². The average molecular weight is 215 g/mol. The minimum atomic E-state index is 0.570. The lowest BCUT2D eigenvalue weighted by molar-refractivity contribution is 0.378. The highest BCUT2D eigenvalue weighted by atomic mass is 15.1. The minimum Gasteiger partial charge on any atom is -0.326 e. The fraction of sp³-hybridized carbons (Fsp3) is 0.462. The van der Waals surface area contributed by atoms with E-state index in [2.05, 4.69) is 40.0 Å². The fourth-order valence-corrected chi connectivity index (χ4v) is 2.50. The molecular weight excluding hydrogens is 198 g/mol. The van der Waals surface area contributed by atoms with Gasteiger partial charge in [0.2, 0.25) is 0 Å². The summed E-state index contributed by atoms with van der Waals surface area (Å²) in [5.41, 5.74) is 3.68. The van der Waals surface area contributed by atoms with Gasteiger partial charge in [0.1, 0.15) is 0 Å². The highest BCUT2D eigenvalue weighted by Gasteiger charge is 2.16. The third kappa shape index (κ3) is 1.61. The third-order valence-corrected chi connectivity index (χ3v) is 3.39. The van der Waals surface area contributed by atoms with Gasteiger partial charge >= 0.3 is 0 Å². The number of aromatic nitrogens is 2. The van der Waals surface area contributed by atoms with Crippen LogP contribution in [0.2, 0.25) is 0 Å². The van der Waals surface area contributed by atoms with Gasteiger partial charge in [0, 0.05) is 12.6 Å². The number of piperidine rings is 1. The summed E-state index contributed by atoms with van der Waals surface area (Å²) in [6, 6.07) is 7.04. The Bertz CT molecular complexity index is 495. The molecule has 2 heterocycles. The van der Waals surface area contributed by atoms with E-state index >= 15 is 0 Å². The minimum absolute atomic E-state index is 0.570. The second-order valence-corrected chi connectivity index (χ2v) is 4.64. The lowest BCUT2D eigenvalue weighted by Crippen LogP contribution is -2.31. The van der Waals surface area contributed by atoms with Crippen LogP contribution in [0.4, 0.5) is 0 Å². The molecule has 1 saturated heterocycles. The summed E-state index contributed by atoms with van der Waals surface area (Å²) in [5, 5.41) is 3.45. The van der Waals surface area contributed by atoms with E-state index in [1.54, 1.807) is 0 Å². The second-order valence-electron chi connectivity index (χ2n) is 4.64. The number of benzene rings is 1. The van der Waals surface area contributed by atoms with Crippen molar-refractivity contribution in [3.63, 3.8) is 0 Å². The molecule has 2 aromatic rings. The van der Waals surface area contributed by atoms with E-state index in [1.807, 2.05) is 6.33 Å². The Morgan fingerprint density at radius 1 is 1.44 bits per heavy atom. The molecule has 3 heteroatoms. The standard InChI is InChI=1S/C13H17N3/c1-10-4-5-12-13(7-10)16(9-15-12)11-3-2-6-14-8-11/h4-5,7,9,11,14H,2-3,6,8H2,1H3. The zero-order valence-electron chi connectivity index (χ0n) is 9.61. The normalized spacial score (nSPS) is 21.4. The van der Waals surface area contributed by atoms with Crippen LogP contribution in [-0.4, -0.2) is 22.6 Å². The number of nitrogens with zero attached hydrogens (tertiary/aromatic N) is 2. The van der Waals surface area contributed by atoms with Crippen LogP contribution in [-0.2, 0) is 0 Å². The Labute approximate surface area is 95.5 Å². The summed E-state index contributed by atoms with van der Waals surface area (Å²) >= 11 is 0. The SMILES string of the molecule is Cc1ccc2ncn(C3CCCNC3)c2c1. The predicted octanol–water partition coefficient (Wildman–Crippen LogP) is 2.27. The van der Waals surface area contributed by atoms with E-state index in [0.29, 0.717) is 6.04 Å². The molecule has 84 valence electrons. The maximum Gasteiger partial charge on any atom is 0.0961 e. The van der Waals surface area contributed by atoms with Crippen LogP contribution in [0.25, 0.3) is 11.0 Å². The second kappa shape index (κ2) is 3.91. The van der Waals surface area contributed by atoms with E-state index in [9.17, 15) is 0 Å². The number of hydrogen-bond donors (Lipinski definition) is 1. The molecule has 1 N–H and O–H groups in total. The van der Waals surface area contributed by atoms with E-state index in [0.717, 1.165) is 18.6 Å². The summed E-state index contributed by atoms with van der Waals surface area (Å²) < 4.78 is 2.33. The predicted molar refractivity (Wildman–Crippen MR) is 65.6 cm³/mol. The summed E-state index contributed by atoms with van der Waals surface area (Å²) in [7, 11) is 0. The van der Waals surface area contributed by atoms with Gasteiger partial charge in [-0.2, -0.15) is 0 Å². The van der Waals surface area contributed by atoms with Gasteiger partial charge in [-0.25, -0.2) is 4.98 Å². The summed E-state index contributed by atoms with van der Waals surface area (Å²) in [5.74, 6) is 0. The molecule has 0 bridgehead atoms. The third-order valence-electron chi connectivity index (χ3n) is 3.39. The van der Waals surface area contributed by atoms with Crippen molar-refractivity contribution in [2.24, 2.45) is 0 Å². The Morgan fingerprint density at radius 2 is 2.38 bits per heavy atom. The van der Waals surface area contributed by atoms with Gasteiger partial charge in [-0.05, 0) is 44.0 Å². The maximum atomic E-state index is 4.47. The molecule has 1 fully saturated rings. The lowest BCUT2D eigenvalue weighted by atomic mass is 10.1. The first-order valence-corrected chi connectivity index (χ1v) is 5.98. The average Bonchev–Trinajstić information content (AvgIpc) is 2.73. The molecule has 3 nitrogen and oxygen atoms in total. The van der Waals surface area contributed by atoms with Crippen molar-refractivity contribution in [3.05, 3.63) is 30.1 Å². The van der Waals surface area contributed by atoms with Crippen molar-refractivity contribution in [1.82, 2.24) is 14.9 Å². The quantitative estimate of drug-likeness (QED) is 0.791. The van der Waals surface area contributed by atoms with Crippen molar-refractivity contribution in [2.75, 3.05) is 13.1 Å². The lowest BCUT2D eigenvalue weighted by Gasteiger charge is -2.24. The molecule has 0 saturated carbocycles. The summed E-state index contributed by atoms with van der Waals surface area (Å²) in [6.07, 6.45) is 4.50. The molecule has 1 aromatic heterocycles. The van der Waals surface area contributed by atoms with Gasteiger partial charge in [0.25, 0.3) is 0 Å². The monoisotopic (exact) mass is 215 g/mol. The molecular formula is C13H17N3. The molecule has 1 aliphatic rings. The number of hydrogen-bond acceptors (Lipinski definition) is 2. The fourth-order valence-electron chi connectivity index (χ4n) is 2.50. The van der Waals surface area contributed by atoms with Gasteiger partial charge in [0.15, 0.2) is 0 Å². The highest BCUT2D eigenvalue weighted by Crippen LogP contribution is 2.23. The number of fused-ring (bicyclic) bond motifs is 1. The van der Waals surface area contributed by atoms with Crippen molar-refractivity contribution in [2.45, 2.75) is 25.8 Å². The molecule has 1 unspecified atom stereocenters. The molecule has 1 aliphatic heterocycles. The maximum absolute atomic E-state index is 4.47. The Balaban J connectivity index is 2.05. The van der Waals surface area contributed by atoms with Crippen LogP contribution in [0.3, 0.4) is 0 Å². The summed E-state index contributed by atoms with van der Waals surface area (Å²) in [4.78, 5) is 4.47. The summed E-state index contributed by atoms with van der Waals surface area (Å²) in [6.45, 7) is 4.36. The number of aryl methyl sites for hydroxylation is 1. The largest absolute Gasteiger partial charge is 0.326 e. The zero-order chi connectivity index (χ0) is 11.0. The first kappa shape index (κ1) is 9.85. The van der Waals surface area contributed by atoms with E-state index < -0.39 is 0 Å². The molecule has 1 atom stereocenters. The molecule has 0 radical (unpaired) electrons. The Hall–Kier alpha value is -1.35. The Kier molecular flexibility index (Phi) is 2.40. The van der Waals surface area contributed by atoms with Gasteiger partial charge < -0.3 is 9.88 Å². The van der Waals surface area contributed by atoms with Gasteiger partial charge in [-0.1, -0.05) is 6.07 Å². The van der Waals surface area contributed by atoms with Crippen LogP contribution >= 0.6 is 0 Å². The molecule has 16 heavy (non-hydrogen) atoms. The molecule has 3 rings (SSSR count). The van der Waals surface area contributed by atoms with E-state index in [4.69, 9.17) is 0 Å². The van der Waals surface area contributed by atoms with Crippen molar-refractivity contribution >= 4 is 11.0 Å². The van der Waals surface area contributed by atoms with Gasteiger partial charge in [-0.3, -0.25) is 0 Å². The van der Waals surface area contributed by atoms with Crippen LogP contribution in [0.1, 0.15) is 24.4 Å². The van der Waals surface area contributed by atoms with Crippen molar-refractivity contribution in [1.29, 1.82) is 0 Å². The topological polar surface area (TPSA) is 29.9 Å². The smallest absolute Gasteiger partial charge is 0.0961 e. The first-order chi connectivity index (χ1) is 7.84.